The average Bonchev–Trinajstić information content (AvgIpc) is 3.02. The van der Waals surface area contributed by atoms with Gasteiger partial charge in [0.05, 0.1) is 19.8 Å². The predicted octanol–water partition coefficient (Wildman–Crippen LogP) is 7.36. The second-order valence-corrected chi connectivity index (χ2v) is 10.3. The van der Waals surface area contributed by atoms with Crippen LogP contribution in [0.25, 0.3) is 11.1 Å². The van der Waals surface area contributed by atoms with Crippen molar-refractivity contribution < 1.29 is 37.7 Å². The minimum Gasteiger partial charge on any atom is -0.494 e. The summed E-state index contributed by atoms with van der Waals surface area (Å²) in [6, 6.07) is 19.2. The maximum atomic E-state index is 14.9. The highest BCUT2D eigenvalue weighted by Gasteiger charge is 2.10. The number of hydrogen-bond acceptors (Lipinski definition) is 7. The molecular weight excluding hydrogens is 563 g/mol. The van der Waals surface area contributed by atoms with Crippen LogP contribution in [0.2, 0.25) is 0 Å². The summed E-state index contributed by atoms with van der Waals surface area (Å²) in [7, 11) is 0. The van der Waals surface area contributed by atoms with Gasteiger partial charge in [-0.15, -0.1) is 0 Å². The number of carbonyl (C=O) groups excluding carboxylic acids is 3. The Morgan fingerprint density at radius 1 is 0.773 bits per heavy atom. The number of ether oxygens (including phenoxy) is 4. The molecule has 0 saturated heterocycles. The molecule has 0 saturated carbocycles. The summed E-state index contributed by atoms with van der Waals surface area (Å²) >= 11 is 0. The van der Waals surface area contributed by atoms with Crippen LogP contribution in [0, 0.1) is 5.82 Å². The molecule has 0 atom stereocenters. The molecule has 3 rings (SSSR count). The maximum Gasteiger partial charge on any atom is 0.333 e. The predicted molar refractivity (Wildman–Crippen MR) is 167 cm³/mol. The van der Waals surface area contributed by atoms with E-state index in [9.17, 15) is 18.8 Å². The van der Waals surface area contributed by atoms with Gasteiger partial charge < -0.3 is 18.9 Å². The molecule has 8 heteroatoms. The van der Waals surface area contributed by atoms with Gasteiger partial charge in [0.25, 0.3) is 0 Å². The van der Waals surface area contributed by atoms with E-state index < -0.39 is 11.9 Å². The number of benzene rings is 3. The van der Waals surface area contributed by atoms with E-state index in [1.165, 1.54) is 6.07 Å². The number of esters is 3. The van der Waals surface area contributed by atoms with Crippen LogP contribution < -0.4 is 9.47 Å². The van der Waals surface area contributed by atoms with Gasteiger partial charge in [0.2, 0.25) is 0 Å². The van der Waals surface area contributed by atoms with Crippen LogP contribution in [0.4, 0.5) is 4.39 Å². The quantitative estimate of drug-likeness (QED) is 0.0651. The largest absolute Gasteiger partial charge is 0.494 e. The Kier molecular flexibility index (Phi) is 13.9. The smallest absolute Gasteiger partial charge is 0.333 e. The Hall–Kier alpha value is -4.72. The van der Waals surface area contributed by atoms with Crippen molar-refractivity contribution in [2.24, 2.45) is 0 Å². The molecular formula is C36H39FO7. The minimum atomic E-state index is -0.470. The molecule has 0 aliphatic rings. The van der Waals surface area contributed by atoms with Gasteiger partial charge in [0.1, 0.15) is 17.3 Å². The van der Waals surface area contributed by atoms with Gasteiger partial charge in [0.15, 0.2) is 0 Å². The molecule has 0 N–H and O–H groups in total. The fourth-order valence-corrected chi connectivity index (χ4v) is 4.20. The Labute approximate surface area is 258 Å². The second-order valence-electron chi connectivity index (χ2n) is 10.3. The van der Waals surface area contributed by atoms with Gasteiger partial charge in [-0.2, -0.15) is 0 Å². The van der Waals surface area contributed by atoms with E-state index in [1.807, 2.05) is 30.3 Å². The Morgan fingerprint density at radius 3 is 2.09 bits per heavy atom. The zero-order valence-corrected chi connectivity index (χ0v) is 25.1. The van der Waals surface area contributed by atoms with E-state index in [2.05, 4.69) is 13.2 Å². The number of aryl methyl sites for hydroxylation is 1. The second kappa shape index (κ2) is 18.1. The molecule has 44 heavy (non-hydrogen) atoms. The minimum absolute atomic E-state index is 0.104. The van der Waals surface area contributed by atoms with Crippen molar-refractivity contribution in [2.45, 2.75) is 51.9 Å². The summed E-state index contributed by atoms with van der Waals surface area (Å²) in [5, 5.41) is 0. The fourth-order valence-electron chi connectivity index (χ4n) is 4.20. The molecule has 0 aromatic heterocycles. The van der Waals surface area contributed by atoms with Crippen molar-refractivity contribution in [3.8, 4) is 22.6 Å². The Morgan fingerprint density at radius 2 is 1.43 bits per heavy atom. The molecule has 3 aromatic rings. The topological polar surface area (TPSA) is 88.1 Å². The van der Waals surface area contributed by atoms with E-state index in [-0.39, 0.29) is 24.8 Å². The average molecular weight is 603 g/mol. The standard InChI is InChI=1S/C36H39FO7/c1-4-34(38)42-24-21-27-9-15-31(16-10-27)44-35(39)20-12-28-11-19-32(33(37)25-28)29-13-17-30(18-14-29)41-22-7-5-6-8-23-43-36(40)26(2)3/h4,9-11,13-19,25H,1-2,5-8,12,20-24H2,3H3. The maximum absolute atomic E-state index is 14.9. The molecule has 0 radical (unpaired) electrons. The molecule has 0 spiro atoms. The third kappa shape index (κ3) is 11.9. The van der Waals surface area contributed by atoms with Crippen LogP contribution in [0.3, 0.4) is 0 Å². The molecule has 0 heterocycles. The summed E-state index contributed by atoms with van der Waals surface area (Å²) in [5.74, 6) is -0.482. The lowest BCUT2D eigenvalue weighted by atomic mass is 10.0. The van der Waals surface area contributed by atoms with Crippen molar-refractivity contribution in [1.29, 1.82) is 0 Å². The first-order valence-corrected chi connectivity index (χ1v) is 14.7. The monoisotopic (exact) mass is 602 g/mol. The van der Waals surface area contributed by atoms with Gasteiger partial charge in [-0.25, -0.2) is 14.0 Å². The summed E-state index contributed by atoms with van der Waals surface area (Å²) < 4.78 is 36.2. The van der Waals surface area contributed by atoms with Crippen molar-refractivity contribution in [3.63, 3.8) is 0 Å². The number of unbranched alkanes of at least 4 members (excludes halogenated alkanes) is 3. The van der Waals surface area contributed by atoms with Crippen LogP contribution in [0.1, 0.15) is 50.2 Å². The lowest BCUT2D eigenvalue weighted by Gasteiger charge is -2.10. The van der Waals surface area contributed by atoms with E-state index in [0.717, 1.165) is 42.9 Å². The SMILES string of the molecule is C=CC(=O)OCCc1ccc(OC(=O)CCc2ccc(-c3ccc(OCCCCCCOC(=O)C(=C)C)cc3)c(F)c2)cc1. The van der Waals surface area contributed by atoms with Gasteiger partial charge in [-0.05, 0) is 86.1 Å². The molecule has 0 fully saturated rings. The van der Waals surface area contributed by atoms with Crippen LogP contribution in [-0.2, 0) is 36.7 Å². The van der Waals surface area contributed by atoms with E-state index >= 15 is 0 Å². The Bertz CT molecular complexity index is 1410. The third-order valence-corrected chi connectivity index (χ3v) is 6.66. The van der Waals surface area contributed by atoms with Gasteiger partial charge >= 0.3 is 17.9 Å². The van der Waals surface area contributed by atoms with Crippen LogP contribution in [-0.4, -0.2) is 37.7 Å². The van der Waals surface area contributed by atoms with Crippen LogP contribution >= 0.6 is 0 Å². The highest BCUT2D eigenvalue weighted by Crippen LogP contribution is 2.26. The van der Waals surface area contributed by atoms with Crippen LogP contribution in [0.15, 0.2) is 91.5 Å². The highest BCUT2D eigenvalue weighted by atomic mass is 19.1. The fraction of sp³-hybridized carbons (Fsp3) is 0.306. The van der Waals surface area contributed by atoms with Gasteiger partial charge in [-0.1, -0.05) is 49.6 Å². The van der Waals surface area contributed by atoms with E-state index in [4.69, 9.17) is 18.9 Å². The normalized spacial score (nSPS) is 10.5. The summed E-state index contributed by atoms with van der Waals surface area (Å²) in [5.41, 5.74) is 3.23. The molecule has 0 bridgehead atoms. The first-order chi connectivity index (χ1) is 21.2. The van der Waals surface area contributed by atoms with Crippen molar-refractivity contribution in [2.75, 3.05) is 19.8 Å². The first-order valence-electron chi connectivity index (χ1n) is 14.7. The molecule has 0 amide bonds. The zero-order valence-electron chi connectivity index (χ0n) is 25.1. The number of rotatable bonds is 18. The highest BCUT2D eigenvalue weighted by molar-refractivity contribution is 5.86. The van der Waals surface area contributed by atoms with E-state index in [0.29, 0.717) is 54.3 Å². The molecule has 7 nitrogen and oxygen atoms in total. The summed E-state index contributed by atoms with van der Waals surface area (Å²) in [6.45, 7) is 9.73. The number of hydrogen-bond donors (Lipinski definition) is 0. The lowest BCUT2D eigenvalue weighted by Crippen LogP contribution is -2.09. The van der Waals surface area contributed by atoms with Gasteiger partial charge in [0, 0.05) is 30.1 Å². The van der Waals surface area contributed by atoms with Crippen LogP contribution in [0.5, 0.6) is 11.5 Å². The molecule has 3 aromatic carbocycles. The molecule has 232 valence electrons. The third-order valence-electron chi connectivity index (χ3n) is 6.66. The summed E-state index contributed by atoms with van der Waals surface area (Å²) in [4.78, 5) is 34.8. The number of halogens is 1. The first kappa shape index (κ1) is 33.8. The van der Waals surface area contributed by atoms with Crippen molar-refractivity contribution in [3.05, 3.63) is 108 Å². The lowest BCUT2D eigenvalue weighted by molar-refractivity contribution is -0.139. The molecule has 0 aliphatic heterocycles. The van der Waals surface area contributed by atoms with Crippen molar-refractivity contribution >= 4 is 17.9 Å². The molecule has 0 unspecified atom stereocenters. The van der Waals surface area contributed by atoms with Crippen molar-refractivity contribution in [1.82, 2.24) is 0 Å². The zero-order chi connectivity index (χ0) is 31.7. The molecule has 0 aliphatic carbocycles. The summed E-state index contributed by atoms with van der Waals surface area (Å²) in [6.07, 6.45) is 5.68. The van der Waals surface area contributed by atoms with Gasteiger partial charge in [-0.3, -0.25) is 4.79 Å². The Balaban J connectivity index is 1.37. The van der Waals surface area contributed by atoms with E-state index in [1.54, 1.807) is 37.3 Å². The number of carbonyl (C=O) groups is 3.